The Labute approximate surface area is 122 Å². The number of hydrogen-bond donors (Lipinski definition) is 3. The van der Waals surface area contributed by atoms with Crippen LogP contribution < -0.4 is 10.9 Å². The number of unbranched alkanes of at least 4 members (excludes halogenated alkanes) is 1. The maximum absolute atomic E-state index is 11.9. The number of H-pyrrole nitrogens is 1. The van der Waals surface area contributed by atoms with Crippen LogP contribution in [0.1, 0.15) is 36.7 Å². The number of carbonyl (C=O) groups excluding carboxylic acids is 2. The third-order valence-electron chi connectivity index (χ3n) is 2.96. The summed E-state index contributed by atoms with van der Waals surface area (Å²) in [6, 6.07) is 11.2. The molecule has 2 rings (SSSR count). The minimum absolute atomic E-state index is 0.201. The predicted molar refractivity (Wildman–Crippen MR) is 79.2 cm³/mol. The minimum Gasteiger partial charge on any atom is -0.273 e. The monoisotopic (exact) mass is 286 g/mol. The summed E-state index contributed by atoms with van der Waals surface area (Å²) in [5, 5.41) is 6.74. The van der Waals surface area contributed by atoms with Crippen LogP contribution in [0.15, 0.2) is 36.4 Å². The average molecular weight is 286 g/mol. The van der Waals surface area contributed by atoms with E-state index in [0.29, 0.717) is 17.8 Å². The van der Waals surface area contributed by atoms with Crippen LogP contribution in [0, 0.1) is 0 Å². The van der Waals surface area contributed by atoms with Gasteiger partial charge in [0.1, 0.15) is 5.69 Å². The number of benzene rings is 1. The molecule has 0 bridgehead atoms. The molecule has 0 saturated carbocycles. The number of rotatable bonds is 5. The molecule has 110 valence electrons. The molecule has 2 aromatic rings. The first-order chi connectivity index (χ1) is 10.2. The van der Waals surface area contributed by atoms with Crippen molar-refractivity contribution < 1.29 is 9.59 Å². The van der Waals surface area contributed by atoms with Crippen molar-refractivity contribution in [2.24, 2.45) is 0 Å². The van der Waals surface area contributed by atoms with Crippen molar-refractivity contribution in [3.63, 3.8) is 0 Å². The zero-order valence-electron chi connectivity index (χ0n) is 11.8. The van der Waals surface area contributed by atoms with Crippen LogP contribution in [0.25, 0.3) is 11.3 Å². The smallest absolute Gasteiger partial charge is 0.273 e. The lowest BCUT2D eigenvalue weighted by atomic mass is 10.1. The Kier molecular flexibility index (Phi) is 5.09. The van der Waals surface area contributed by atoms with E-state index in [1.54, 1.807) is 6.07 Å². The van der Waals surface area contributed by atoms with Crippen LogP contribution >= 0.6 is 0 Å². The molecule has 2 amide bonds. The van der Waals surface area contributed by atoms with E-state index in [9.17, 15) is 9.59 Å². The van der Waals surface area contributed by atoms with Crippen LogP contribution in [0.5, 0.6) is 0 Å². The van der Waals surface area contributed by atoms with Gasteiger partial charge in [-0.1, -0.05) is 43.7 Å². The lowest BCUT2D eigenvalue weighted by molar-refractivity contribution is -0.121. The Morgan fingerprint density at radius 1 is 1.19 bits per heavy atom. The molecule has 1 aromatic heterocycles. The lowest BCUT2D eigenvalue weighted by Gasteiger charge is -2.05. The summed E-state index contributed by atoms with van der Waals surface area (Å²) < 4.78 is 0. The number of hydrazine groups is 1. The number of amides is 2. The summed E-state index contributed by atoms with van der Waals surface area (Å²) in [4.78, 5) is 23.3. The van der Waals surface area contributed by atoms with Crippen molar-refractivity contribution >= 4 is 11.8 Å². The zero-order chi connectivity index (χ0) is 15.1. The maximum Gasteiger partial charge on any atom is 0.287 e. The SMILES string of the molecule is CCCCC(=O)NNC(=O)c1cc(-c2ccccc2)n[nH]1. The molecular weight excluding hydrogens is 268 g/mol. The number of nitrogens with zero attached hydrogens (tertiary/aromatic N) is 1. The van der Waals surface area contributed by atoms with Crippen molar-refractivity contribution in [1.82, 2.24) is 21.0 Å². The Balaban J connectivity index is 1.92. The Bertz CT molecular complexity index is 607. The van der Waals surface area contributed by atoms with E-state index < -0.39 is 5.91 Å². The van der Waals surface area contributed by atoms with Gasteiger partial charge in [-0.2, -0.15) is 5.10 Å². The molecule has 1 aromatic carbocycles. The van der Waals surface area contributed by atoms with Crippen LogP contribution in [0.3, 0.4) is 0 Å². The van der Waals surface area contributed by atoms with Gasteiger partial charge in [0.15, 0.2) is 0 Å². The first-order valence-corrected chi connectivity index (χ1v) is 6.90. The van der Waals surface area contributed by atoms with Crippen molar-refractivity contribution in [2.45, 2.75) is 26.2 Å². The lowest BCUT2D eigenvalue weighted by Crippen LogP contribution is -2.41. The second kappa shape index (κ2) is 7.23. The van der Waals surface area contributed by atoms with Gasteiger partial charge >= 0.3 is 0 Å². The van der Waals surface area contributed by atoms with E-state index in [0.717, 1.165) is 18.4 Å². The fourth-order valence-electron chi connectivity index (χ4n) is 1.79. The van der Waals surface area contributed by atoms with Gasteiger partial charge in [-0.3, -0.25) is 25.5 Å². The van der Waals surface area contributed by atoms with E-state index in [2.05, 4.69) is 21.0 Å². The second-order valence-corrected chi connectivity index (χ2v) is 4.64. The number of hydrogen-bond acceptors (Lipinski definition) is 3. The second-order valence-electron chi connectivity index (χ2n) is 4.64. The van der Waals surface area contributed by atoms with E-state index in [4.69, 9.17) is 0 Å². The van der Waals surface area contributed by atoms with E-state index in [-0.39, 0.29) is 5.91 Å². The fourth-order valence-corrected chi connectivity index (χ4v) is 1.79. The van der Waals surface area contributed by atoms with Crippen molar-refractivity contribution in [3.8, 4) is 11.3 Å². The van der Waals surface area contributed by atoms with Gasteiger partial charge in [0.25, 0.3) is 5.91 Å². The number of aromatic nitrogens is 2. The molecule has 0 aliphatic rings. The molecule has 0 spiro atoms. The molecule has 0 atom stereocenters. The van der Waals surface area contributed by atoms with Crippen molar-refractivity contribution in [1.29, 1.82) is 0 Å². The molecule has 21 heavy (non-hydrogen) atoms. The highest BCUT2D eigenvalue weighted by Gasteiger charge is 2.11. The van der Waals surface area contributed by atoms with Gasteiger partial charge in [0.05, 0.1) is 5.69 Å². The largest absolute Gasteiger partial charge is 0.287 e. The number of carbonyl (C=O) groups is 2. The first-order valence-electron chi connectivity index (χ1n) is 6.90. The fraction of sp³-hybridized carbons (Fsp3) is 0.267. The van der Waals surface area contributed by atoms with Crippen LogP contribution in [0.4, 0.5) is 0 Å². The van der Waals surface area contributed by atoms with Gasteiger partial charge in [0.2, 0.25) is 5.91 Å². The van der Waals surface area contributed by atoms with Crippen molar-refractivity contribution in [2.75, 3.05) is 0 Å². The third-order valence-corrected chi connectivity index (χ3v) is 2.96. The summed E-state index contributed by atoms with van der Waals surface area (Å²) in [6.07, 6.45) is 2.13. The third kappa shape index (κ3) is 4.17. The maximum atomic E-state index is 11.9. The molecular formula is C15H18N4O2. The van der Waals surface area contributed by atoms with E-state index in [1.807, 2.05) is 37.3 Å². The van der Waals surface area contributed by atoms with Crippen LogP contribution in [0.2, 0.25) is 0 Å². The highest BCUT2D eigenvalue weighted by Crippen LogP contribution is 2.16. The summed E-state index contributed by atoms with van der Waals surface area (Å²) in [5.74, 6) is -0.623. The Morgan fingerprint density at radius 3 is 2.67 bits per heavy atom. The molecule has 3 N–H and O–H groups in total. The predicted octanol–water partition coefficient (Wildman–Crippen LogP) is 2.03. The first kappa shape index (κ1) is 14.8. The topological polar surface area (TPSA) is 86.9 Å². The van der Waals surface area contributed by atoms with Gasteiger partial charge in [-0.05, 0) is 12.5 Å². The summed E-state index contributed by atoms with van der Waals surface area (Å²) in [6.45, 7) is 2.00. The average Bonchev–Trinajstić information content (AvgIpc) is 3.01. The van der Waals surface area contributed by atoms with E-state index in [1.165, 1.54) is 0 Å². The summed E-state index contributed by atoms with van der Waals surface area (Å²) in [5.41, 5.74) is 6.63. The molecule has 0 radical (unpaired) electrons. The highest BCUT2D eigenvalue weighted by molar-refractivity contribution is 5.94. The quantitative estimate of drug-likeness (QED) is 0.735. The molecule has 0 saturated heterocycles. The van der Waals surface area contributed by atoms with Crippen molar-refractivity contribution in [3.05, 3.63) is 42.1 Å². The highest BCUT2D eigenvalue weighted by atomic mass is 16.2. The number of nitrogens with one attached hydrogen (secondary N) is 3. The van der Waals surface area contributed by atoms with Crippen LogP contribution in [-0.4, -0.2) is 22.0 Å². The zero-order valence-corrected chi connectivity index (χ0v) is 11.8. The molecule has 0 fully saturated rings. The van der Waals surface area contributed by atoms with E-state index >= 15 is 0 Å². The molecule has 1 heterocycles. The van der Waals surface area contributed by atoms with Crippen LogP contribution in [-0.2, 0) is 4.79 Å². The van der Waals surface area contributed by atoms with Gasteiger partial charge < -0.3 is 0 Å². The Morgan fingerprint density at radius 2 is 1.95 bits per heavy atom. The molecule has 0 unspecified atom stereocenters. The summed E-state index contributed by atoms with van der Waals surface area (Å²) in [7, 11) is 0. The molecule has 6 heteroatoms. The van der Waals surface area contributed by atoms with Gasteiger partial charge in [-0.15, -0.1) is 0 Å². The normalized spacial score (nSPS) is 10.1. The standard InChI is InChI=1S/C15H18N4O2/c1-2-3-9-14(20)18-19-15(21)13-10-12(16-17-13)11-7-5-4-6-8-11/h4-8,10H,2-3,9H2,1H3,(H,16,17)(H,18,20)(H,19,21). The number of aromatic amines is 1. The molecule has 0 aliphatic carbocycles. The van der Waals surface area contributed by atoms with Gasteiger partial charge in [0, 0.05) is 12.0 Å². The minimum atomic E-state index is -0.422. The summed E-state index contributed by atoms with van der Waals surface area (Å²) >= 11 is 0. The molecule has 0 aliphatic heterocycles. The van der Waals surface area contributed by atoms with Gasteiger partial charge in [-0.25, -0.2) is 0 Å². The Hall–Kier alpha value is -2.63. The molecule has 6 nitrogen and oxygen atoms in total.